The smallest absolute Gasteiger partial charge is 0.105 e. The molecule has 17 heavy (non-hydrogen) atoms. The van der Waals surface area contributed by atoms with Gasteiger partial charge in [-0.3, -0.25) is 11.3 Å². The number of nitrogens with one attached hydrogen (secondary N) is 1. The van der Waals surface area contributed by atoms with Crippen molar-refractivity contribution in [3.63, 3.8) is 0 Å². The Morgan fingerprint density at radius 1 is 1.41 bits per heavy atom. The molecule has 0 radical (unpaired) electrons. The topological polar surface area (TPSA) is 51.2 Å². The first-order valence-corrected chi connectivity index (χ1v) is 6.73. The molecule has 1 aromatic rings. The van der Waals surface area contributed by atoms with E-state index in [0.29, 0.717) is 0 Å². The van der Waals surface area contributed by atoms with E-state index in [4.69, 9.17) is 10.3 Å². The van der Waals surface area contributed by atoms with Crippen molar-refractivity contribution in [3.8, 4) is 0 Å². The lowest BCUT2D eigenvalue weighted by Gasteiger charge is -2.22. The van der Waals surface area contributed by atoms with E-state index in [2.05, 4.69) is 19.3 Å². The standard InChI is InChI=1S/C14H26N2O/c1-4-6-7-12(5-2)10-14(16-15)13-8-9-17-11(13)3/h8-9,12,14,16H,4-7,10,15H2,1-3H3. The lowest BCUT2D eigenvalue weighted by atomic mass is 9.89. The summed E-state index contributed by atoms with van der Waals surface area (Å²) in [6.07, 6.45) is 7.91. The number of rotatable bonds is 8. The summed E-state index contributed by atoms with van der Waals surface area (Å²) in [6, 6.07) is 2.24. The average molecular weight is 238 g/mol. The van der Waals surface area contributed by atoms with E-state index in [0.717, 1.165) is 18.1 Å². The summed E-state index contributed by atoms with van der Waals surface area (Å²) < 4.78 is 5.35. The fraction of sp³-hybridized carbons (Fsp3) is 0.714. The van der Waals surface area contributed by atoms with Gasteiger partial charge in [0.05, 0.1) is 6.26 Å². The van der Waals surface area contributed by atoms with Gasteiger partial charge >= 0.3 is 0 Å². The highest BCUT2D eigenvalue weighted by atomic mass is 16.3. The second-order valence-corrected chi connectivity index (χ2v) is 4.80. The van der Waals surface area contributed by atoms with Crippen LogP contribution in [0.25, 0.3) is 0 Å². The highest BCUT2D eigenvalue weighted by Crippen LogP contribution is 2.28. The summed E-state index contributed by atoms with van der Waals surface area (Å²) in [7, 11) is 0. The highest BCUT2D eigenvalue weighted by Gasteiger charge is 2.18. The van der Waals surface area contributed by atoms with Gasteiger partial charge in [-0.05, 0) is 25.3 Å². The SMILES string of the molecule is CCCCC(CC)CC(NN)c1ccoc1C. The largest absolute Gasteiger partial charge is 0.469 e. The van der Waals surface area contributed by atoms with Crippen LogP contribution in [-0.2, 0) is 0 Å². The Labute approximate surface area is 105 Å². The molecule has 98 valence electrons. The Kier molecular flexibility index (Phi) is 6.30. The maximum absolute atomic E-state index is 5.67. The zero-order chi connectivity index (χ0) is 12.7. The van der Waals surface area contributed by atoms with Gasteiger partial charge in [-0.1, -0.05) is 39.5 Å². The van der Waals surface area contributed by atoms with Gasteiger partial charge in [0.15, 0.2) is 0 Å². The summed E-state index contributed by atoms with van der Waals surface area (Å²) >= 11 is 0. The molecule has 0 aliphatic carbocycles. The average Bonchev–Trinajstić information content (AvgIpc) is 2.76. The summed E-state index contributed by atoms with van der Waals surface area (Å²) in [5.41, 5.74) is 4.12. The minimum Gasteiger partial charge on any atom is -0.469 e. The monoisotopic (exact) mass is 238 g/mol. The van der Waals surface area contributed by atoms with Crippen LogP contribution in [0.3, 0.4) is 0 Å². The third-order valence-electron chi connectivity index (χ3n) is 3.59. The molecule has 0 saturated carbocycles. The molecule has 0 aliphatic heterocycles. The molecular formula is C14H26N2O. The summed E-state index contributed by atoms with van der Waals surface area (Å²) in [5, 5.41) is 0. The second kappa shape index (κ2) is 7.51. The first-order valence-electron chi connectivity index (χ1n) is 6.73. The Bertz CT molecular complexity index is 309. The van der Waals surface area contributed by atoms with E-state index in [1.54, 1.807) is 6.26 Å². The first kappa shape index (κ1) is 14.3. The lowest BCUT2D eigenvalue weighted by molar-refractivity contribution is 0.353. The van der Waals surface area contributed by atoms with Crippen LogP contribution in [0, 0.1) is 12.8 Å². The molecule has 3 nitrogen and oxygen atoms in total. The van der Waals surface area contributed by atoms with E-state index in [-0.39, 0.29) is 6.04 Å². The molecule has 2 atom stereocenters. The molecular weight excluding hydrogens is 212 g/mol. The van der Waals surface area contributed by atoms with Gasteiger partial charge in [-0.2, -0.15) is 0 Å². The Balaban J connectivity index is 2.59. The van der Waals surface area contributed by atoms with Crippen LogP contribution in [0.5, 0.6) is 0 Å². The van der Waals surface area contributed by atoms with Crippen LogP contribution in [0.2, 0.25) is 0 Å². The molecule has 0 spiro atoms. The van der Waals surface area contributed by atoms with Gasteiger partial charge in [-0.25, -0.2) is 0 Å². The zero-order valence-electron chi connectivity index (χ0n) is 11.3. The number of aryl methyl sites for hydroxylation is 1. The van der Waals surface area contributed by atoms with Crippen LogP contribution in [0.4, 0.5) is 0 Å². The maximum Gasteiger partial charge on any atom is 0.105 e. The van der Waals surface area contributed by atoms with Crippen LogP contribution < -0.4 is 11.3 Å². The van der Waals surface area contributed by atoms with Crippen LogP contribution in [-0.4, -0.2) is 0 Å². The number of hydrogen-bond acceptors (Lipinski definition) is 3. The van der Waals surface area contributed by atoms with Gasteiger partial charge in [0.1, 0.15) is 5.76 Å². The van der Waals surface area contributed by atoms with E-state index in [1.807, 2.05) is 13.0 Å². The second-order valence-electron chi connectivity index (χ2n) is 4.80. The van der Waals surface area contributed by atoms with Gasteiger partial charge in [0, 0.05) is 11.6 Å². The van der Waals surface area contributed by atoms with Crippen molar-refractivity contribution in [1.29, 1.82) is 0 Å². The van der Waals surface area contributed by atoms with Crippen molar-refractivity contribution >= 4 is 0 Å². The molecule has 0 bridgehead atoms. The molecule has 1 heterocycles. The molecule has 2 unspecified atom stereocenters. The minimum absolute atomic E-state index is 0.218. The summed E-state index contributed by atoms with van der Waals surface area (Å²) in [5.74, 6) is 7.38. The Morgan fingerprint density at radius 2 is 2.18 bits per heavy atom. The highest BCUT2D eigenvalue weighted by molar-refractivity contribution is 5.20. The van der Waals surface area contributed by atoms with E-state index >= 15 is 0 Å². The molecule has 3 N–H and O–H groups in total. The van der Waals surface area contributed by atoms with Crippen molar-refractivity contribution < 1.29 is 4.42 Å². The predicted molar refractivity (Wildman–Crippen MR) is 71.4 cm³/mol. The number of hydrazine groups is 1. The predicted octanol–water partition coefficient (Wildman–Crippen LogP) is 3.70. The molecule has 0 aromatic carbocycles. The number of nitrogens with two attached hydrogens (primary N) is 1. The van der Waals surface area contributed by atoms with Crippen molar-refractivity contribution in [3.05, 3.63) is 23.7 Å². The van der Waals surface area contributed by atoms with Gasteiger partial charge in [0.2, 0.25) is 0 Å². The Hall–Kier alpha value is -0.800. The molecule has 0 amide bonds. The van der Waals surface area contributed by atoms with Crippen LogP contribution in [0.1, 0.15) is 63.3 Å². The van der Waals surface area contributed by atoms with Crippen molar-refractivity contribution in [2.45, 2.75) is 58.9 Å². The molecule has 1 aromatic heterocycles. The number of hydrogen-bond donors (Lipinski definition) is 2. The third-order valence-corrected chi connectivity index (χ3v) is 3.59. The number of unbranched alkanes of at least 4 members (excludes halogenated alkanes) is 1. The first-order chi connectivity index (χ1) is 8.22. The van der Waals surface area contributed by atoms with Crippen molar-refractivity contribution in [1.82, 2.24) is 5.43 Å². The van der Waals surface area contributed by atoms with Gasteiger partial charge in [0.25, 0.3) is 0 Å². The van der Waals surface area contributed by atoms with E-state index in [9.17, 15) is 0 Å². The van der Waals surface area contributed by atoms with Gasteiger partial charge < -0.3 is 4.42 Å². The molecule has 0 fully saturated rings. The van der Waals surface area contributed by atoms with Crippen molar-refractivity contribution in [2.75, 3.05) is 0 Å². The molecule has 1 rings (SSSR count). The Morgan fingerprint density at radius 3 is 2.65 bits per heavy atom. The van der Waals surface area contributed by atoms with Crippen LogP contribution in [0.15, 0.2) is 16.7 Å². The normalized spacial score (nSPS) is 14.8. The molecule has 0 aliphatic rings. The quantitative estimate of drug-likeness (QED) is 0.536. The third kappa shape index (κ3) is 4.17. The maximum atomic E-state index is 5.67. The molecule has 0 saturated heterocycles. The number of furan rings is 1. The van der Waals surface area contributed by atoms with E-state index in [1.165, 1.54) is 31.2 Å². The minimum atomic E-state index is 0.218. The summed E-state index contributed by atoms with van der Waals surface area (Å²) in [4.78, 5) is 0. The fourth-order valence-electron chi connectivity index (χ4n) is 2.36. The van der Waals surface area contributed by atoms with Gasteiger partial charge in [-0.15, -0.1) is 0 Å². The zero-order valence-corrected chi connectivity index (χ0v) is 11.3. The molecule has 3 heteroatoms. The fourth-order valence-corrected chi connectivity index (χ4v) is 2.36. The summed E-state index contributed by atoms with van der Waals surface area (Å²) in [6.45, 7) is 6.49. The van der Waals surface area contributed by atoms with Crippen molar-refractivity contribution in [2.24, 2.45) is 11.8 Å². The van der Waals surface area contributed by atoms with E-state index < -0.39 is 0 Å². The van der Waals surface area contributed by atoms with Crippen LogP contribution >= 0.6 is 0 Å². The lowest BCUT2D eigenvalue weighted by Crippen LogP contribution is -2.29.